The van der Waals surface area contributed by atoms with Crippen molar-refractivity contribution in [2.24, 2.45) is 0 Å². The summed E-state index contributed by atoms with van der Waals surface area (Å²) in [5.41, 5.74) is 1.56. The van der Waals surface area contributed by atoms with Crippen LogP contribution < -0.4 is 4.72 Å². The third-order valence-electron chi connectivity index (χ3n) is 3.03. The van der Waals surface area contributed by atoms with Crippen LogP contribution in [-0.2, 0) is 16.6 Å². The minimum atomic E-state index is -3.64. The van der Waals surface area contributed by atoms with E-state index >= 15 is 0 Å². The zero-order valence-corrected chi connectivity index (χ0v) is 13.0. The van der Waals surface area contributed by atoms with Gasteiger partial charge in [-0.05, 0) is 30.4 Å². The number of hydrogen-bond donors (Lipinski definition) is 2. The Labute approximate surface area is 123 Å². The molecular formula is C14H17NO3S2. The Kier molecular flexibility index (Phi) is 4.59. The summed E-state index contributed by atoms with van der Waals surface area (Å²) in [6.07, 6.45) is 0. The number of aliphatic hydroxyl groups is 1. The Bertz CT molecular complexity index is 678. The van der Waals surface area contributed by atoms with Gasteiger partial charge in [0.1, 0.15) is 4.90 Å². The summed E-state index contributed by atoms with van der Waals surface area (Å²) < 4.78 is 27.6. The fraction of sp³-hybridized carbons (Fsp3) is 0.286. The molecule has 0 aliphatic heterocycles. The quantitative estimate of drug-likeness (QED) is 0.892. The Morgan fingerprint density at radius 1 is 1.30 bits per heavy atom. The zero-order chi connectivity index (χ0) is 14.8. The van der Waals surface area contributed by atoms with Gasteiger partial charge in [-0.15, -0.1) is 11.3 Å². The first kappa shape index (κ1) is 15.2. The summed E-state index contributed by atoms with van der Waals surface area (Å²) >= 11 is 1.26. The molecule has 0 bridgehead atoms. The second-order valence-electron chi connectivity index (χ2n) is 4.58. The highest BCUT2D eigenvalue weighted by molar-refractivity contribution is 7.89. The standard InChI is InChI=1S/C14H17NO3S2/c1-10-9-19-13(8-16)14(10)20(17,18)15-11(2)12-6-4-3-5-7-12/h3-7,9,11,15-16H,8H2,1-2H3. The summed E-state index contributed by atoms with van der Waals surface area (Å²) in [6, 6.07) is 9.05. The van der Waals surface area contributed by atoms with Gasteiger partial charge in [-0.2, -0.15) is 0 Å². The van der Waals surface area contributed by atoms with E-state index in [2.05, 4.69) is 4.72 Å². The lowest BCUT2D eigenvalue weighted by Crippen LogP contribution is -2.27. The van der Waals surface area contributed by atoms with E-state index in [1.807, 2.05) is 30.3 Å². The molecule has 0 saturated carbocycles. The van der Waals surface area contributed by atoms with Crippen molar-refractivity contribution in [3.8, 4) is 0 Å². The molecule has 1 atom stereocenters. The number of hydrogen-bond acceptors (Lipinski definition) is 4. The molecule has 0 spiro atoms. The van der Waals surface area contributed by atoms with Crippen LogP contribution in [-0.4, -0.2) is 13.5 Å². The maximum atomic E-state index is 12.5. The second-order valence-corrected chi connectivity index (χ2v) is 7.20. The van der Waals surface area contributed by atoms with Gasteiger partial charge in [-0.3, -0.25) is 0 Å². The molecule has 0 radical (unpaired) electrons. The molecule has 0 aliphatic rings. The molecule has 4 nitrogen and oxygen atoms in total. The van der Waals surface area contributed by atoms with Crippen LogP contribution in [0.5, 0.6) is 0 Å². The lowest BCUT2D eigenvalue weighted by molar-refractivity contribution is 0.282. The van der Waals surface area contributed by atoms with Crippen LogP contribution in [0.25, 0.3) is 0 Å². The summed E-state index contributed by atoms with van der Waals surface area (Å²) in [5, 5.41) is 11.0. The van der Waals surface area contributed by atoms with E-state index in [1.54, 1.807) is 19.2 Å². The number of sulfonamides is 1. The Hall–Kier alpha value is -1.21. The van der Waals surface area contributed by atoms with E-state index in [1.165, 1.54) is 11.3 Å². The molecule has 2 rings (SSSR count). The fourth-order valence-electron chi connectivity index (χ4n) is 2.06. The first-order chi connectivity index (χ1) is 9.45. The maximum Gasteiger partial charge on any atom is 0.242 e. The molecule has 0 aliphatic carbocycles. The van der Waals surface area contributed by atoms with E-state index in [9.17, 15) is 13.5 Å². The molecule has 1 unspecified atom stereocenters. The van der Waals surface area contributed by atoms with Crippen molar-refractivity contribution in [1.82, 2.24) is 4.72 Å². The maximum absolute atomic E-state index is 12.5. The molecule has 6 heteroatoms. The molecule has 2 N–H and O–H groups in total. The van der Waals surface area contributed by atoms with E-state index in [-0.39, 0.29) is 17.5 Å². The van der Waals surface area contributed by atoms with Crippen LogP contribution >= 0.6 is 11.3 Å². The van der Waals surface area contributed by atoms with Crippen molar-refractivity contribution >= 4 is 21.4 Å². The highest BCUT2D eigenvalue weighted by atomic mass is 32.2. The largest absolute Gasteiger partial charge is 0.391 e. The van der Waals surface area contributed by atoms with Gasteiger partial charge in [-0.25, -0.2) is 13.1 Å². The van der Waals surface area contributed by atoms with Crippen LogP contribution in [0, 0.1) is 6.92 Å². The Morgan fingerprint density at radius 2 is 1.95 bits per heavy atom. The Morgan fingerprint density at radius 3 is 2.55 bits per heavy atom. The first-order valence-electron chi connectivity index (χ1n) is 6.21. The first-order valence-corrected chi connectivity index (χ1v) is 8.57. The average molecular weight is 311 g/mol. The molecule has 0 amide bonds. The zero-order valence-electron chi connectivity index (χ0n) is 11.3. The summed E-state index contributed by atoms with van der Waals surface area (Å²) in [4.78, 5) is 0.669. The monoisotopic (exact) mass is 311 g/mol. The van der Waals surface area contributed by atoms with Gasteiger partial charge < -0.3 is 5.11 Å². The van der Waals surface area contributed by atoms with Crippen molar-refractivity contribution in [2.45, 2.75) is 31.4 Å². The highest BCUT2D eigenvalue weighted by Crippen LogP contribution is 2.28. The summed E-state index contributed by atoms with van der Waals surface area (Å²) in [5.74, 6) is 0. The van der Waals surface area contributed by atoms with Gasteiger partial charge in [0, 0.05) is 6.04 Å². The third-order valence-corrected chi connectivity index (χ3v) is 6.02. The normalized spacial score (nSPS) is 13.3. The van der Waals surface area contributed by atoms with Crippen LogP contribution in [0.15, 0.2) is 40.6 Å². The van der Waals surface area contributed by atoms with Crippen molar-refractivity contribution in [1.29, 1.82) is 0 Å². The molecule has 2 aromatic rings. The molecule has 108 valence electrons. The number of thiophene rings is 1. The minimum Gasteiger partial charge on any atom is -0.391 e. The minimum absolute atomic E-state index is 0.202. The smallest absolute Gasteiger partial charge is 0.242 e. The highest BCUT2D eigenvalue weighted by Gasteiger charge is 2.24. The van der Waals surface area contributed by atoms with Crippen molar-refractivity contribution < 1.29 is 13.5 Å². The van der Waals surface area contributed by atoms with Crippen LogP contribution in [0.4, 0.5) is 0 Å². The predicted molar refractivity (Wildman–Crippen MR) is 80.2 cm³/mol. The number of aryl methyl sites for hydroxylation is 1. The molecule has 1 aromatic heterocycles. The van der Waals surface area contributed by atoms with E-state index in [0.717, 1.165) is 5.56 Å². The summed E-state index contributed by atoms with van der Waals surface area (Å²) in [6.45, 7) is 3.26. The molecule has 0 saturated heterocycles. The van der Waals surface area contributed by atoms with Crippen LogP contribution in [0.3, 0.4) is 0 Å². The average Bonchev–Trinajstić information content (AvgIpc) is 2.81. The molecule has 0 fully saturated rings. The van der Waals surface area contributed by atoms with E-state index < -0.39 is 10.0 Å². The predicted octanol–water partition coefficient (Wildman–Crippen LogP) is 2.59. The van der Waals surface area contributed by atoms with Crippen molar-refractivity contribution in [3.63, 3.8) is 0 Å². The summed E-state index contributed by atoms with van der Waals surface area (Å²) in [7, 11) is -3.64. The SMILES string of the molecule is Cc1csc(CO)c1S(=O)(=O)NC(C)c1ccccc1. The molecule has 20 heavy (non-hydrogen) atoms. The van der Waals surface area contributed by atoms with Crippen LogP contribution in [0.2, 0.25) is 0 Å². The van der Waals surface area contributed by atoms with Gasteiger partial charge in [0.15, 0.2) is 0 Å². The lowest BCUT2D eigenvalue weighted by atomic mass is 10.1. The topological polar surface area (TPSA) is 66.4 Å². The van der Waals surface area contributed by atoms with Crippen molar-refractivity contribution in [2.75, 3.05) is 0 Å². The Balaban J connectivity index is 2.30. The van der Waals surface area contributed by atoms with Crippen molar-refractivity contribution in [3.05, 3.63) is 51.7 Å². The van der Waals surface area contributed by atoms with Gasteiger partial charge in [-0.1, -0.05) is 30.3 Å². The van der Waals surface area contributed by atoms with Gasteiger partial charge >= 0.3 is 0 Å². The van der Waals surface area contributed by atoms with Crippen LogP contribution in [0.1, 0.15) is 29.0 Å². The molecular weight excluding hydrogens is 294 g/mol. The van der Waals surface area contributed by atoms with E-state index in [4.69, 9.17) is 0 Å². The number of nitrogens with one attached hydrogen (secondary N) is 1. The van der Waals surface area contributed by atoms with Gasteiger partial charge in [0.2, 0.25) is 10.0 Å². The molecule has 1 heterocycles. The van der Waals surface area contributed by atoms with E-state index in [0.29, 0.717) is 10.4 Å². The third kappa shape index (κ3) is 3.09. The number of aliphatic hydroxyl groups excluding tert-OH is 1. The molecule has 1 aromatic carbocycles. The fourth-order valence-corrected chi connectivity index (χ4v) is 4.95. The second kappa shape index (κ2) is 6.05. The van der Waals surface area contributed by atoms with Gasteiger partial charge in [0.05, 0.1) is 11.5 Å². The van der Waals surface area contributed by atoms with Gasteiger partial charge in [0.25, 0.3) is 0 Å². The lowest BCUT2D eigenvalue weighted by Gasteiger charge is -2.15. The number of rotatable bonds is 5. The number of benzene rings is 1.